The van der Waals surface area contributed by atoms with Crippen LogP contribution in [0, 0.1) is 5.92 Å². The highest BCUT2D eigenvalue weighted by Gasteiger charge is 2.49. The van der Waals surface area contributed by atoms with E-state index in [1.54, 1.807) is 58.2 Å². The summed E-state index contributed by atoms with van der Waals surface area (Å²) in [5.74, 6) is -3.44. The van der Waals surface area contributed by atoms with Crippen molar-refractivity contribution in [2.24, 2.45) is 5.92 Å². The summed E-state index contributed by atoms with van der Waals surface area (Å²) in [6, 6.07) is 14.4. The van der Waals surface area contributed by atoms with Crippen molar-refractivity contribution >= 4 is 29.3 Å². The van der Waals surface area contributed by atoms with E-state index in [1.807, 2.05) is 18.2 Å². The second kappa shape index (κ2) is 11.2. The average molecular weight is 524 g/mol. The summed E-state index contributed by atoms with van der Waals surface area (Å²) in [6.07, 6.45) is 0.333. The van der Waals surface area contributed by atoms with Gasteiger partial charge in [0.05, 0.1) is 25.9 Å². The van der Waals surface area contributed by atoms with Crippen LogP contribution in [0.4, 0.5) is 0 Å². The van der Waals surface area contributed by atoms with Crippen molar-refractivity contribution in [3.63, 3.8) is 0 Å². The third kappa shape index (κ3) is 4.88. The molecular formula is C29H30ClNO6. The van der Waals surface area contributed by atoms with Gasteiger partial charge in [0.2, 0.25) is 0 Å². The number of nitrogens with one attached hydrogen (secondary N) is 1. The molecule has 1 aliphatic heterocycles. The second-order valence-corrected chi connectivity index (χ2v) is 9.28. The van der Waals surface area contributed by atoms with Gasteiger partial charge in [0.15, 0.2) is 5.78 Å². The standard InChI is InChI=1S/C29H30ClNO6/c1-5-36-28(33)23-16(3)31-21-15-19(17-11-8-10-14-22(17)35-4)25(29(34)37-6-2)27(32)26(21)24(23)18-12-7-9-13-20(18)30/h7-14,19,24-25,31H,5-6,15H2,1-4H3/t19-,24+,25+/m0/s1. The van der Waals surface area contributed by atoms with Gasteiger partial charge >= 0.3 is 11.9 Å². The molecule has 0 saturated heterocycles. The fraction of sp³-hybridized carbons (Fsp3) is 0.345. The van der Waals surface area contributed by atoms with Gasteiger partial charge in [-0.3, -0.25) is 9.59 Å². The molecule has 8 heteroatoms. The molecule has 2 aliphatic rings. The van der Waals surface area contributed by atoms with E-state index in [0.717, 1.165) is 5.56 Å². The fourth-order valence-electron chi connectivity index (χ4n) is 5.30. The van der Waals surface area contributed by atoms with E-state index in [2.05, 4.69) is 5.32 Å². The Kier molecular flexibility index (Phi) is 8.03. The molecule has 0 fully saturated rings. The Morgan fingerprint density at radius 1 is 1.00 bits per heavy atom. The Labute approximate surface area is 221 Å². The highest BCUT2D eigenvalue weighted by Crippen LogP contribution is 2.50. The Hall–Kier alpha value is -3.58. The summed E-state index contributed by atoms with van der Waals surface area (Å²) in [7, 11) is 1.55. The molecule has 0 unspecified atom stereocenters. The first-order chi connectivity index (χ1) is 17.8. The lowest BCUT2D eigenvalue weighted by atomic mass is 9.67. The SMILES string of the molecule is CCOC(=O)C1=C(C)NC2=C(C(=O)[C@H](C(=O)OCC)[C@H](c3ccccc3OC)C2)[C@@H]1c1ccccc1Cl. The van der Waals surface area contributed by atoms with E-state index in [0.29, 0.717) is 45.3 Å². The molecule has 2 aromatic carbocycles. The maximum Gasteiger partial charge on any atom is 0.336 e. The van der Waals surface area contributed by atoms with E-state index in [1.165, 1.54) is 0 Å². The van der Waals surface area contributed by atoms with Crippen LogP contribution in [-0.2, 0) is 23.9 Å². The summed E-state index contributed by atoms with van der Waals surface area (Å²) in [6.45, 7) is 5.51. The number of benzene rings is 2. The van der Waals surface area contributed by atoms with Gasteiger partial charge in [-0.25, -0.2) is 4.79 Å². The number of hydrogen-bond acceptors (Lipinski definition) is 7. The number of dihydropyridines is 1. The monoisotopic (exact) mass is 523 g/mol. The number of ketones is 1. The zero-order valence-corrected chi connectivity index (χ0v) is 22.1. The molecule has 1 heterocycles. The molecule has 0 amide bonds. The quantitative estimate of drug-likeness (QED) is 0.400. The third-order valence-corrected chi connectivity index (χ3v) is 7.15. The first-order valence-corrected chi connectivity index (χ1v) is 12.7. The summed E-state index contributed by atoms with van der Waals surface area (Å²) < 4.78 is 16.3. The Bertz CT molecular complexity index is 1300. The molecule has 0 aromatic heterocycles. The average Bonchev–Trinajstić information content (AvgIpc) is 2.88. The molecule has 0 radical (unpaired) electrons. The zero-order chi connectivity index (χ0) is 26.7. The molecular weight excluding hydrogens is 494 g/mol. The van der Waals surface area contributed by atoms with Gasteiger partial charge in [0, 0.05) is 33.8 Å². The topological polar surface area (TPSA) is 90.9 Å². The summed E-state index contributed by atoms with van der Waals surface area (Å²) >= 11 is 6.61. The van der Waals surface area contributed by atoms with Crippen LogP contribution in [0.25, 0.3) is 0 Å². The van der Waals surface area contributed by atoms with Gasteiger partial charge < -0.3 is 19.5 Å². The van der Waals surface area contributed by atoms with Gasteiger partial charge in [0.1, 0.15) is 11.7 Å². The molecule has 7 nitrogen and oxygen atoms in total. The van der Waals surface area contributed by atoms with Crippen LogP contribution in [0.3, 0.4) is 0 Å². The van der Waals surface area contributed by atoms with Crippen LogP contribution < -0.4 is 10.1 Å². The van der Waals surface area contributed by atoms with E-state index in [9.17, 15) is 14.4 Å². The van der Waals surface area contributed by atoms with Crippen LogP contribution in [0.2, 0.25) is 5.02 Å². The lowest BCUT2D eigenvalue weighted by molar-refractivity contribution is -0.152. The number of halogens is 1. The minimum atomic E-state index is -1.12. The number of carbonyl (C=O) groups is 3. The first-order valence-electron chi connectivity index (χ1n) is 12.3. The predicted octanol–water partition coefficient (Wildman–Crippen LogP) is 5.06. The van der Waals surface area contributed by atoms with Crippen molar-refractivity contribution in [2.45, 2.75) is 39.0 Å². The Balaban J connectivity index is 1.94. The van der Waals surface area contributed by atoms with E-state index >= 15 is 0 Å². The number of allylic oxidation sites excluding steroid dienone is 3. The number of Topliss-reactive ketones (excluding diaryl/α,β-unsaturated/α-hetero) is 1. The van der Waals surface area contributed by atoms with Crippen molar-refractivity contribution in [3.05, 3.63) is 87.2 Å². The number of para-hydroxylation sites is 1. The molecule has 0 bridgehead atoms. The largest absolute Gasteiger partial charge is 0.496 e. The molecule has 0 spiro atoms. The molecule has 37 heavy (non-hydrogen) atoms. The van der Waals surface area contributed by atoms with Crippen molar-refractivity contribution in [1.29, 1.82) is 0 Å². The van der Waals surface area contributed by atoms with Gasteiger partial charge in [-0.15, -0.1) is 0 Å². The molecule has 0 saturated carbocycles. The lowest BCUT2D eigenvalue weighted by Gasteiger charge is -2.39. The molecule has 4 rings (SSSR count). The molecule has 2 aromatic rings. The summed E-state index contributed by atoms with van der Waals surface area (Å²) in [4.78, 5) is 40.8. The van der Waals surface area contributed by atoms with Gasteiger partial charge in [0.25, 0.3) is 0 Å². The van der Waals surface area contributed by atoms with Crippen LogP contribution in [0.1, 0.15) is 50.2 Å². The number of esters is 2. The van der Waals surface area contributed by atoms with Crippen molar-refractivity contribution in [3.8, 4) is 5.75 Å². The van der Waals surface area contributed by atoms with E-state index < -0.39 is 35.5 Å². The van der Waals surface area contributed by atoms with Crippen LogP contribution in [-0.4, -0.2) is 38.0 Å². The van der Waals surface area contributed by atoms with Crippen molar-refractivity contribution in [2.75, 3.05) is 20.3 Å². The third-order valence-electron chi connectivity index (χ3n) is 6.81. The normalized spacial score (nSPS) is 21.2. The van der Waals surface area contributed by atoms with Gasteiger partial charge in [-0.05, 0) is 50.5 Å². The van der Waals surface area contributed by atoms with E-state index in [4.69, 9.17) is 25.8 Å². The minimum Gasteiger partial charge on any atom is -0.496 e. The molecule has 3 atom stereocenters. The maximum absolute atomic E-state index is 14.3. The number of carbonyl (C=O) groups excluding carboxylic acids is 3. The molecule has 1 N–H and O–H groups in total. The molecule has 1 aliphatic carbocycles. The Morgan fingerprint density at radius 3 is 2.30 bits per heavy atom. The van der Waals surface area contributed by atoms with Gasteiger partial charge in [-0.2, -0.15) is 0 Å². The second-order valence-electron chi connectivity index (χ2n) is 8.88. The van der Waals surface area contributed by atoms with Crippen LogP contribution in [0.15, 0.2) is 71.1 Å². The summed E-state index contributed by atoms with van der Waals surface area (Å²) in [5, 5.41) is 3.69. The maximum atomic E-state index is 14.3. The first kappa shape index (κ1) is 26.5. The zero-order valence-electron chi connectivity index (χ0n) is 21.3. The number of methoxy groups -OCH3 is 1. The Morgan fingerprint density at radius 2 is 1.65 bits per heavy atom. The van der Waals surface area contributed by atoms with Gasteiger partial charge in [-0.1, -0.05) is 48.0 Å². The molecule has 194 valence electrons. The predicted molar refractivity (Wildman–Crippen MR) is 139 cm³/mol. The number of hydrogen-bond donors (Lipinski definition) is 1. The smallest absolute Gasteiger partial charge is 0.336 e. The highest BCUT2D eigenvalue weighted by molar-refractivity contribution is 6.31. The number of ether oxygens (including phenoxy) is 3. The summed E-state index contributed by atoms with van der Waals surface area (Å²) in [5.41, 5.74) is 3.15. The lowest BCUT2D eigenvalue weighted by Crippen LogP contribution is -2.43. The van der Waals surface area contributed by atoms with Crippen LogP contribution in [0.5, 0.6) is 5.75 Å². The van der Waals surface area contributed by atoms with Crippen molar-refractivity contribution < 1.29 is 28.6 Å². The highest BCUT2D eigenvalue weighted by atomic mass is 35.5. The van der Waals surface area contributed by atoms with Crippen LogP contribution >= 0.6 is 11.6 Å². The van der Waals surface area contributed by atoms with E-state index in [-0.39, 0.29) is 13.2 Å². The minimum absolute atomic E-state index is 0.131. The van der Waals surface area contributed by atoms with Crippen molar-refractivity contribution in [1.82, 2.24) is 5.32 Å². The number of rotatable bonds is 7. The fourth-order valence-corrected chi connectivity index (χ4v) is 5.55.